The Morgan fingerprint density at radius 1 is 1.17 bits per heavy atom. The van der Waals surface area contributed by atoms with Crippen LogP contribution in [0.2, 0.25) is 0 Å². The van der Waals surface area contributed by atoms with Gasteiger partial charge in [0.15, 0.2) is 11.7 Å². The molecule has 1 aromatic carbocycles. The molecule has 1 aliphatic rings. The smallest absolute Gasteiger partial charge is 0.253 e. The lowest BCUT2D eigenvalue weighted by Crippen LogP contribution is -2.36. The van der Waals surface area contributed by atoms with Crippen molar-refractivity contribution in [1.29, 1.82) is 0 Å². The average Bonchev–Trinajstić information content (AvgIpc) is 3.24. The summed E-state index contributed by atoms with van der Waals surface area (Å²) in [6, 6.07) is 9.76. The predicted octanol–water partition coefficient (Wildman–Crippen LogP) is 3.91. The van der Waals surface area contributed by atoms with Crippen LogP contribution in [-0.2, 0) is 13.1 Å². The Hall–Kier alpha value is -2.10. The van der Waals surface area contributed by atoms with Crippen LogP contribution in [0.5, 0.6) is 0 Å². The van der Waals surface area contributed by atoms with Crippen molar-refractivity contribution in [2.75, 3.05) is 20.1 Å². The van der Waals surface area contributed by atoms with Gasteiger partial charge in [-0.25, -0.2) is 0 Å². The highest BCUT2D eigenvalue weighted by atomic mass is 127. The number of rotatable bonds is 6. The third kappa shape index (κ3) is 6.72. The summed E-state index contributed by atoms with van der Waals surface area (Å²) < 4.78 is 5.35. The number of nitrogens with one attached hydrogen (secondary N) is 2. The number of piperidine rings is 1. The zero-order valence-electron chi connectivity index (χ0n) is 18.0. The van der Waals surface area contributed by atoms with E-state index in [1.54, 1.807) is 7.05 Å². The molecule has 0 spiro atoms. The van der Waals surface area contributed by atoms with Crippen LogP contribution in [-0.4, -0.2) is 42.1 Å². The molecule has 3 rings (SSSR count). The summed E-state index contributed by atoms with van der Waals surface area (Å²) in [6.07, 6.45) is 3.41. The van der Waals surface area contributed by atoms with E-state index in [0.717, 1.165) is 48.5 Å². The monoisotopic (exact) mass is 525 g/mol. The molecule has 0 atom stereocenters. The molecule has 2 heterocycles. The number of nitrogens with zero attached hydrogens (tertiary/aromatic N) is 3. The molecule has 0 bridgehead atoms. The van der Waals surface area contributed by atoms with Crippen molar-refractivity contribution in [2.24, 2.45) is 4.99 Å². The number of likely N-dealkylation sites (tertiary alicyclic amines) is 1. The second-order valence-corrected chi connectivity index (χ2v) is 7.71. The van der Waals surface area contributed by atoms with E-state index < -0.39 is 0 Å². The number of aromatic nitrogens is 1. The van der Waals surface area contributed by atoms with Gasteiger partial charge in [-0.3, -0.25) is 9.79 Å². The second-order valence-electron chi connectivity index (χ2n) is 7.71. The zero-order valence-corrected chi connectivity index (χ0v) is 20.3. The van der Waals surface area contributed by atoms with Crippen LogP contribution in [0.25, 0.3) is 0 Å². The molecule has 164 valence electrons. The molecule has 8 heteroatoms. The highest BCUT2D eigenvalue weighted by molar-refractivity contribution is 14.0. The number of hydrogen-bond donors (Lipinski definition) is 2. The maximum Gasteiger partial charge on any atom is 0.253 e. The van der Waals surface area contributed by atoms with Crippen molar-refractivity contribution in [3.63, 3.8) is 0 Å². The maximum absolute atomic E-state index is 12.7. The summed E-state index contributed by atoms with van der Waals surface area (Å²) in [7, 11) is 1.73. The lowest BCUT2D eigenvalue weighted by Gasteiger charge is -2.26. The van der Waals surface area contributed by atoms with Gasteiger partial charge in [-0.05, 0) is 42.9 Å². The minimum Gasteiger partial charge on any atom is -0.359 e. The number of benzene rings is 1. The summed E-state index contributed by atoms with van der Waals surface area (Å²) in [5, 5.41) is 10.6. The van der Waals surface area contributed by atoms with Crippen molar-refractivity contribution in [3.8, 4) is 0 Å². The third-order valence-corrected chi connectivity index (χ3v) is 5.10. The number of amides is 1. The van der Waals surface area contributed by atoms with E-state index in [9.17, 15) is 4.79 Å². The van der Waals surface area contributed by atoms with E-state index in [-0.39, 0.29) is 29.9 Å². The second kappa shape index (κ2) is 11.9. The summed E-state index contributed by atoms with van der Waals surface area (Å²) in [6.45, 7) is 6.97. The standard InChI is InChI=1S/C22H31N5O2.HI/c1-16(2)20-13-19(29-26-20)15-25-22(23-3)24-14-17-8-7-9-18(12-17)21(28)27-10-5-4-6-11-27;/h7-9,12-13,16H,4-6,10-11,14-15H2,1-3H3,(H2,23,24,25);1H. The van der Waals surface area contributed by atoms with Gasteiger partial charge >= 0.3 is 0 Å². The van der Waals surface area contributed by atoms with Crippen LogP contribution in [0, 0.1) is 0 Å². The first-order valence-corrected chi connectivity index (χ1v) is 10.3. The van der Waals surface area contributed by atoms with Crippen molar-refractivity contribution >= 4 is 35.8 Å². The normalized spacial score (nSPS) is 14.4. The SMILES string of the molecule is CN=C(NCc1cccc(C(=O)N2CCCCC2)c1)NCc1cc(C(C)C)no1.I. The fourth-order valence-corrected chi connectivity index (χ4v) is 3.36. The molecule has 0 aliphatic carbocycles. The number of carbonyl (C=O) groups excluding carboxylic acids is 1. The van der Waals surface area contributed by atoms with E-state index in [2.05, 4.69) is 34.6 Å². The van der Waals surface area contributed by atoms with Gasteiger partial charge in [0.2, 0.25) is 0 Å². The van der Waals surface area contributed by atoms with E-state index >= 15 is 0 Å². The number of halogens is 1. The van der Waals surface area contributed by atoms with E-state index in [1.807, 2.05) is 35.2 Å². The molecule has 1 aromatic heterocycles. The number of aliphatic imine (C=N–C) groups is 1. The first-order chi connectivity index (χ1) is 14.1. The maximum atomic E-state index is 12.7. The summed E-state index contributed by atoms with van der Waals surface area (Å²) in [5.41, 5.74) is 2.73. The lowest BCUT2D eigenvalue weighted by atomic mass is 10.1. The number of carbonyl (C=O) groups is 1. The number of guanidine groups is 1. The minimum absolute atomic E-state index is 0. The highest BCUT2D eigenvalue weighted by Crippen LogP contribution is 2.15. The fraction of sp³-hybridized carbons (Fsp3) is 0.500. The van der Waals surface area contributed by atoms with Gasteiger partial charge < -0.3 is 20.1 Å². The Labute approximate surface area is 195 Å². The molecule has 1 fully saturated rings. The molecule has 1 saturated heterocycles. The fourth-order valence-electron chi connectivity index (χ4n) is 3.36. The molecule has 2 aromatic rings. The van der Waals surface area contributed by atoms with Gasteiger partial charge in [-0.1, -0.05) is 31.1 Å². The Morgan fingerprint density at radius 2 is 1.90 bits per heavy atom. The molecular weight excluding hydrogens is 493 g/mol. The average molecular weight is 525 g/mol. The Morgan fingerprint density at radius 3 is 2.57 bits per heavy atom. The lowest BCUT2D eigenvalue weighted by molar-refractivity contribution is 0.0724. The molecule has 1 aliphatic heterocycles. The van der Waals surface area contributed by atoms with Gasteiger partial charge in [-0.2, -0.15) is 0 Å². The van der Waals surface area contributed by atoms with Gasteiger partial charge in [0.05, 0.1) is 12.2 Å². The van der Waals surface area contributed by atoms with Crippen LogP contribution in [0.1, 0.15) is 66.4 Å². The quantitative estimate of drug-likeness (QED) is 0.340. The van der Waals surface area contributed by atoms with Gasteiger partial charge in [0.25, 0.3) is 5.91 Å². The summed E-state index contributed by atoms with van der Waals surface area (Å²) >= 11 is 0. The van der Waals surface area contributed by atoms with Gasteiger partial charge in [-0.15, -0.1) is 24.0 Å². The van der Waals surface area contributed by atoms with Crippen molar-refractivity contribution < 1.29 is 9.32 Å². The van der Waals surface area contributed by atoms with Gasteiger partial charge in [0.1, 0.15) is 0 Å². The zero-order chi connectivity index (χ0) is 20.6. The molecule has 0 unspecified atom stereocenters. The van der Waals surface area contributed by atoms with Crippen LogP contribution in [0.15, 0.2) is 39.8 Å². The molecule has 1 amide bonds. The first-order valence-electron chi connectivity index (χ1n) is 10.3. The van der Waals surface area contributed by atoms with Gasteiger partial charge in [0, 0.05) is 38.3 Å². The van der Waals surface area contributed by atoms with Crippen LogP contribution >= 0.6 is 24.0 Å². The molecule has 30 heavy (non-hydrogen) atoms. The predicted molar refractivity (Wildman–Crippen MR) is 129 cm³/mol. The largest absolute Gasteiger partial charge is 0.359 e. The Kier molecular flexibility index (Phi) is 9.61. The topological polar surface area (TPSA) is 82.8 Å². The molecule has 7 nitrogen and oxygen atoms in total. The van der Waals surface area contributed by atoms with E-state index in [4.69, 9.17) is 4.52 Å². The molecular formula is C22H32IN5O2. The Bertz CT molecular complexity index is 844. The van der Waals surface area contributed by atoms with Crippen molar-refractivity contribution in [2.45, 2.75) is 52.1 Å². The summed E-state index contributed by atoms with van der Waals surface area (Å²) in [5.74, 6) is 1.90. The summed E-state index contributed by atoms with van der Waals surface area (Å²) in [4.78, 5) is 18.9. The van der Waals surface area contributed by atoms with Crippen LogP contribution in [0.3, 0.4) is 0 Å². The minimum atomic E-state index is 0. The first kappa shape index (κ1) is 24.2. The third-order valence-electron chi connectivity index (χ3n) is 5.10. The van der Waals surface area contributed by atoms with Crippen LogP contribution < -0.4 is 10.6 Å². The van der Waals surface area contributed by atoms with Crippen LogP contribution in [0.4, 0.5) is 0 Å². The number of hydrogen-bond acceptors (Lipinski definition) is 4. The highest BCUT2D eigenvalue weighted by Gasteiger charge is 2.18. The Balaban J connectivity index is 0.00000320. The molecule has 0 radical (unpaired) electrons. The molecule has 2 N–H and O–H groups in total. The van der Waals surface area contributed by atoms with Crippen molar-refractivity contribution in [3.05, 3.63) is 52.9 Å². The molecule has 0 saturated carbocycles. The van der Waals surface area contributed by atoms with E-state index in [0.29, 0.717) is 25.0 Å². The van der Waals surface area contributed by atoms with E-state index in [1.165, 1.54) is 6.42 Å². The van der Waals surface area contributed by atoms with Crippen molar-refractivity contribution in [1.82, 2.24) is 20.7 Å².